The number of carbonyl (C=O) groups is 2. The highest BCUT2D eigenvalue weighted by Crippen LogP contribution is 2.54. The van der Waals surface area contributed by atoms with Crippen molar-refractivity contribution in [3.05, 3.63) is 29.8 Å². The maximum Gasteiger partial charge on any atom is 0.326 e. The standard InChI is InChI=1S/C17H21NO4/c1-16-9-6-10-18(16)13-8-5-4-7-12(13)11-17(16,14(19)21-2)15(20)22-3/h4-5,7-8H,6,9-11H2,1-3H3. The van der Waals surface area contributed by atoms with Crippen LogP contribution in [0.4, 0.5) is 5.69 Å². The van der Waals surface area contributed by atoms with E-state index in [1.54, 1.807) is 0 Å². The normalized spacial score (nSPS) is 25.1. The van der Waals surface area contributed by atoms with Crippen molar-refractivity contribution in [1.29, 1.82) is 0 Å². The number of ether oxygens (including phenoxy) is 2. The van der Waals surface area contributed by atoms with Crippen LogP contribution in [0.3, 0.4) is 0 Å². The third kappa shape index (κ3) is 1.65. The van der Waals surface area contributed by atoms with Gasteiger partial charge in [0.05, 0.1) is 19.8 Å². The number of methoxy groups -OCH3 is 2. The summed E-state index contributed by atoms with van der Waals surface area (Å²) >= 11 is 0. The molecule has 2 aliphatic rings. The Hall–Kier alpha value is -2.04. The Morgan fingerprint density at radius 3 is 2.41 bits per heavy atom. The minimum Gasteiger partial charge on any atom is -0.468 e. The summed E-state index contributed by atoms with van der Waals surface area (Å²) in [7, 11) is 2.66. The van der Waals surface area contributed by atoms with E-state index in [9.17, 15) is 9.59 Å². The maximum atomic E-state index is 12.7. The van der Waals surface area contributed by atoms with Crippen molar-refractivity contribution in [1.82, 2.24) is 0 Å². The first-order valence-electron chi connectivity index (χ1n) is 7.53. The topological polar surface area (TPSA) is 55.8 Å². The predicted octanol–water partition coefficient (Wildman–Crippen LogP) is 1.93. The van der Waals surface area contributed by atoms with E-state index in [0.29, 0.717) is 6.42 Å². The quantitative estimate of drug-likeness (QED) is 0.617. The molecular formula is C17H21NO4. The first-order chi connectivity index (χ1) is 10.5. The molecule has 1 aromatic carbocycles. The molecule has 5 heteroatoms. The Kier molecular flexibility index (Phi) is 3.38. The van der Waals surface area contributed by atoms with Crippen LogP contribution >= 0.6 is 0 Å². The van der Waals surface area contributed by atoms with Crippen molar-refractivity contribution >= 4 is 17.6 Å². The molecule has 2 aliphatic heterocycles. The summed E-state index contributed by atoms with van der Waals surface area (Å²) < 4.78 is 10.1. The van der Waals surface area contributed by atoms with Crippen molar-refractivity contribution in [3.63, 3.8) is 0 Å². The lowest BCUT2D eigenvalue weighted by molar-refractivity contribution is -0.175. The fraction of sp³-hybridized carbons (Fsp3) is 0.529. The number of fused-ring (bicyclic) bond motifs is 3. The SMILES string of the molecule is COC(=O)C1(C(=O)OC)Cc2ccccc2N2CCCC21C. The fourth-order valence-electron chi connectivity index (χ4n) is 4.21. The molecule has 0 N–H and O–H groups in total. The van der Waals surface area contributed by atoms with Crippen LogP contribution in [0.2, 0.25) is 0 Å². The number of hydrogen-bond acceptors (Lipinski definition) is 5. The Bertz CT molecular complexity index is 611. The molecule has 0 saturated carbocycles. The molecule has 1 unspecified atom stereocenters. The Morgan fingerprint density at radius 2 is 1.77 bits per heavy atom. The molecule has 1 atom stereocenters. The first kappa shape index (κ1) is 14.9. The van der Waals surface area contributed by atoms with Crippen LogP contribution in [0.15, 0.2) is 24.3 Å². The lowest BCUT2D eigenvalue weighted by Crippen LogP contribution is -2.66. The summed E-state index contributed by atoms with van der Waals surface area (Å²) in [5, 5.41) is 0. The molecule has 1 aromatic rings. The van der Waals surface area contributed by atoms with E-state index >= 15 is 0 Å². The lowest BCUT2D eigenvalue weighted by atomic mass is 9.62. The van der Waals surface area contributed by atoms with Gasteiger partial charge in [-0.3, -0.25) is 9.59 Å². The molecule has 0 aromatic heterocycles. The van der Waals surface area contributed by atoms with Crippen LogP contribution in [0.25, 0.3) is 0 Å². The number of benzene rings is 1. The van der Waals surface area contributed by atoms with E-state index in [4.69, 9.17) is 9.47 Å². The molecule has 3 rings (SSSR count). The highest BCUT2D eigenvalue weighted by atomic mass is 16.5. The van der Waals surface area contributed by atoms with Crippen LogP contribution in [0.1, 0.15) is 25.3 Å². The second kappa shape index (κ2) is 5.00. The van der Waals surface area contributed by atoms with E-state index in [2.05, 4.69) is 11.0 Å². The van der Waals surface area contributed by atoms with Gasteiger partial charge in [-0.1, -0.05) is 18.2 Å². The molecule has 0 amide bonds. The second-order valence-corrected chi connectivity index (χ2v) is 6.22. The van der Waals surface area contributed by atoms with Gasteiger partial charge in [0.1, 0.15) is 0 Å². The van der Waals surface area contributed by atoms with Gasteiger partial charge in [-0.2, -0.15) is 0 Å². The Labute approximate surface area is 130 Å². The van der Waals surface area contributed by atoms with Crippen molar-refractivity contribution in [2.75, 3.05) is 25.7 Å². The van der Waals surface area contributed by atoms with Gasteiger partial charge in [-0.25, -0.2) is 0 Å². The molecule has 5 nitrogen and oxygen atoms in total. The van der Waals surface area contributed by atoms with Gasteiger partial charge in [0.15, 0.2) is 5.41 Å². The van der Waals surface area contributed by atoms with Crippen molar-refractivity contribution in [2.24, 2.45) is 5.41 Å². The molecule has 0 aliphatic carbocycles. The minimum atomic E-state index is -1.32. The number of esters is 2. The highest BCUT2D eigenvalue weighted by molar-refractivity contribution is 6.04. The molecular weight excluding hydrogens is 282 g/mol. The third-order valence-corrected chi connectivity index (χ3v) is 5.37. The van der Waals surface area contributed by atoms with Crippen molar-refractivity contribution < 1.29 is 19.1 Å². The summed E-state index contributed by atoms with van der Waals surface area (Å²) in [4.78, 5) is 27.6. The zero-order chi connectivity index (χ0) is 16.0. The van der Waals surface area contributed by atoms with Crippen LogP contribution in [-0.4, -0.2) is 38.2 Å². The maximum absolute atomic E-state index is 12.7. The van der Waals surface area contributed by atoms with E-state index in [0.717, 1.165) is 30.6 Å². The molecule has 22 heavy (non-hydrogen) atoms. The largest absolute Gasteiger partial charge is 0.468 e. The summed E-state index contributed by atoms with van der Waals surface area (Å²) in [6.45, 7) is 2.80. The number of anilines is 1. The highest BCUT2D eigenvalue weighted by Gasteiger charge is 2.67. The lowest BCUT2D eigenvalue weighted by Gasteiger charge is -2.52. The summed E-state index contributed by atoms with van der Waals surface area (Å²) in [6, 6.07) is 7.93. The van der Waals surface area contributed by atoms with E-state index in [1.165, 1.54) is 14.2 Å². The van der Waals surface area contributed by atoms with Crippen LogP contribution < -0.4 is 4.90 Å². The smallest absolute Gasteiger partial charge is 0.326 e. The Morgan fingerprint density at radius 1 is 1.14 bits per heavy atom. The van der Waals surface area contributed by atoms with E-state index in [-0.39, 0.29) is 0 Å². The molecule has 1 saturated heterocycles. The number of para-hydroxylation sites is 1. The first-order valence-corrected chi connectivity index (χ1v) is 7.53. The molecule has 2 heterocycles. The van der Waals surface area contributed by atoms with Gasteiger partial charge < -0.3 is 14.4 Å². The third-order valence-electron chi connectivity index (χ3n) is 5.37. The van der Waals surface area contributed by atoms with Crippen molar-refractivity contribution in [3.8, 4) is 0 Å². The van der Waals surface area contributed by atoms with E-state index < -0.39 is 22.9 Å². The van der Waals surface area contributed by atoms with Crippen molar-refractivity contribution in [2.45, 2.75) is 31.7 Å². The molecule has 0 radical (unpaired) electrons. The number of hydrogen-bond donors (Lipinski definition) is 0. The van der Waals surface area contributed by atoms with Gasteiger partial charge in [-0.05, 0) is 31.4 Å². The average molecular weight is 303 g/mol. The molecule has 1 fully saturated rings. The zero-order valence-electron chi connectivity index (χ0n) is 13.2. The molecule has 118 valence electrons. The summed E-state index contributed by atoms with van der Waals surface area (Å²) in [5.41, 5.74) is 0.145. The number of rotatable bonds is 2. The predicted molar refractivity (Wildman–Crippen MR) is 81.6 cm³/mol. The van der Waals surface area contributed by atoms with Gasteiger partial charge in [-0.15, -0.1) is 0 Å². The second-order valence-electron chi connectivity index (χ2n) is 6.22. The van der Waals surface area contributed by atoms with Gasteiger partial charge in [0.2, 0.25) is 0 Å². The number of nitrogens with zero attached hydrogens (tertiary/aromatic N) is 1. The Balaban J connectivity index is 2.26. The minimum absolute atomic E-state index is 0.315. The summed E-state index contributed by atoms with van der Waals surface area (Å²) in [5.74, 6) is -1.02. The van der Waals surface area contributed by atoms with Crippen LogP contribution in [0, 0.1) is 5.41 Å². The van der Waals surface area contributed by atoms with Gasteiger partial charge in [0, 0.05) is 18.7 Å². The fourth-order valence-corrected chi connectivity index (χ4v) is 4.21. The zero-order valence-corrected chi connectivity index (χ0v) is 13.2. The monoisotopic (exact) mass is 303 g/mol. The molecule has 0 bridgehead atoms. The van der Waals surface area contributed by atoms with Crippen LogP contribution in [0.5, 0.6) is 0 Å². The molecule has 0 spiro atoms. The number of carbonyl (C=O) groups excluding carboxylic acids is 2. The van der Waals surface area contributed by atoms with Gasteiger partial charge >= 0.3 is 11.9 Å². The van der Waals surface area contributed by atoms with Gasteiger partial charge in [0.25, 0.3) is 0 Å². The van der Waals surface area contributed by atoms with E-state index in [1.807, 2.05) is 25.1 Å². The average Bonchev–Trinajstić information content (AvgIpc) is 2.95. The summed E-state index contributed by atoms with van der Waals surface area (Å²) in [6.07, 6.45) is 2.00. The van der Waals surface area contributed by atoms with Crippen LogP contribution in [-0.2, 0) is 25.5 Å².